The number of ether oxygens (including phenoxy) is 1. The van der Waals surface area contributed by atoms with E-state index in [1.807, 2.05) is 24.3 Å². The molecule has 2 aromatic carbocycles. The zero-order valence-corrected chi connectivity index (χ0v) is 14.3. The number of amides is 1. The van der Waals surface area contributed by atoms with E-state index in [4.69, 9.17) is 16.3 Å². The third kappa shape index (κ3) is 2.82. The van der Waals surface area contributed by atoms with Gasteiger partial charge < -0.3 is 10.1 Å². The smallest absolute Gasteiger partial charge is 0.418 e. The number of rotatable bonds is 2. The molecule has 4 rings (SSSR count). The second-order valence-electron chi connectivity index (χ2n) is 6.68. The number of carbonyl (C=O) groups excluding carboxylic acids is 1. The highest BCUT2D eigenvalue weighted by Gasteiger charge is 2.61. The highest BCUT2D eigenvalue weighted by Crippen LogP contribution is 2.61. The van der Waals surface area contributed by atoms with Crippen LogP contribution in [-0.2, 0) is 16.4 Å². The molecule has 2 atom stereocenters. The average molecular weight is 382 g/mol. The van der Waals surface area contributed by atoms with Gasteiger partial charge >= 0.3 is 6.18 Å². The predicted octanol–water partition coefficient (Wildman–Crippen LogP) is 5.04. The second-order valence-corrected chi connectivity index (χ2v) is 7.12. The molecular weight excluding hydrogens is 367 g/mol. The summed E-state index contributed by atoms with van der Waals surface area (Å²) in [5.74, 6) is -0.0603. The van der Waals surface area contributed by atoms with Gasteiger partial charge in [-0.05, 0) is 37.1 Å². The van der Waals surface area contributed by atoms with Crippen LogP contribution < -0.4 is 10.1 Å². The molecule has 1 spiro atoms. The zero-order chi connectivity index (χ0) is 18.5. The molecule has 1 fully saturated rings. The molecule has 1 aliphatic carbocycles. The number of benzene rings is 2. The van der Waals surface area contributed by atoms with Gasteiger partial charge in [0.1, 0.15) is 5.75 Å². The first kappa shape index (κ1) is 17.2. The Morgan fingerprint density at radius 3 is 2.77 bits per heavy atom. The van der Waals surface area contributed by atoms with Crippen molar-refractivity contribution in [2.24, 2.45) is 5.92 Å². The lowest BCUT2D eigenvalue weighted by Crippen LogP contribution is -2.27. The van der Waals surface area contributed by atoms with Gasteiger partial charge in [0.15, 0.2) is 0 Å². The van der Waals surface area contributed by atoms with Gasteiger partial charge in [0, 0.05) is 21.9 Å². The Morgan fingerprint density at radius 2 is 2.00 bits per heavy atom. The minimum absolute atomic E-state index is 0.134. The summed E-state index contributed by atoms with van der Waals surface area (Å²) in [6, 6.07) is 10.7. The maximum Gasteiger partial charge on any atom is 0.418 e. The lowest BCUT2D eigenvalue weighted by atomic mass is 9.87. The minimum Gasteiger partial charge on any atom is -0.493 e. The Bertz CT molecular complexity index is 883. The number of alkyl halides is 3. The molecule has 1 heterocycles. The average Bonchev–Trinajstić information content (AvgIpc) is 3.29. The summed E-state index contributed by atoms with van der Waals surface area (Å²) in [6.07, 6.45) is -3.30. The molecule has 0 unspecified atom stereocenters. The van der Waals surface area contributed by atoms with Crippen LogP contribution in [0.15, 0.2) is 42.5 Å². The first-order chi connectivity index (χ1) is 12.3. The topological polar surface area (TPSA) is 38.3 Å². The van der Waals surface area contributed by atoms with Crippen LogP contribution in [-0.4, -0.2) is 12.5 Å². The number of para-hydroxylation sites is 1. The van der Waals surface area contributed by atoms with Crippen LogP contribution in [0.5, 0.6) is 5.75 Å². The Labute approximate surface area is 153 Å². The molecule has 1 saturated carbocycles. The van der Waals surface area contributed by atoms with Gasteiger partial charge in [-0.2, -0.15) is 13.2 Å². The number of fused-ring (bicyclic) bond motifs is 2. The molecule has 2 aromatic rings. The molecule has 0 aromatic heterocycles. The van der Waals surface area contributed by atoms with E-state index in [0.717, 1.165) is 29.5 Å². The molecule has 136 valence electrons. The molecular formula is C19H15ClF3NO2. The quantitative estimate of drug-likeness (QED) is 0.791. The van der Waals surface area contributed by atoms with Gasteiger partial charge in [-0.3, -0.25) is 4.79 Å². The molecule has 3 nitrogen and oxygen atoms in total. The predicted molar refractivity (Wildman–Crippen MR) is 91.4 cm³/mol. The van der Waals surface area contributed by atoms with Crippen LogP contribution in [0.2, 0.25) is 5.02 Å². The van der Waals surface area contributed by atoms with Crippen molar-refractivity contribution in [2.45, 2.75) is 24.4 Å². The number of anilines is 1. The van der Waals surface area contributed by atoms with E-state index in [2.05, 4.69) is 5.32 Å². The fourth-order valence-corrected chi connectivity index (χ4v) is 3.96. The van der Waals surface area contributed by atoms with Gasteiger partial charge in [-0.25, -0.2) is 0 Å². The van der Waals surface area contributed by atoms with Crippen molar-refractivity contribution in [1.82, 2.24) is 0 Å². The monoisotopic (exact) mass is 381 g/mol. The molecule has 2 aliphatic rings. The highest BCUT2D eigenvalue weighted by atomic mass is 35.5. The maximum absolute atomic E-state index is 13.2. The van der Waals surface area contributed by atoms with Crippen molar-refractivity contribution in [3.05, 3.63) is 58.6 Å². The van der Waals surface area contributed by atoms with E-state index < -0.39 is 17.6 Å². The fourth-order valence-electron chi connectivity index (χ4n) is 3.79. The molecule has 26 heavy (non-hydrogen) atoms. The largest absolute Gasteiger partial charge is 0.493 e. The Morgan fingerprint density at radius 1 is 1.23 bits per heavy atom. The van der Waals surface area contributed by atoms with Gasteiger partial charge in [0.2, 0.25) is 5.91 Å². The standard InChI is InChI=1S/C19H15ClF3NO2/c20-11-5-6-12(19(21,22)23)15(9-11)24-17(25)14-10-18(14)7-8-26-16-4-2-1-3-13(16)18/h1-6,9,14H,7-8,10H2,(H,24,25)/t14-,18-/m0/s1. The number of halogens is 4. The van der Waals surface area contributed by atoms with Crippen molar-refractivity contribution in [2.75, 3.05) is 11.9 Å². The summed E-state index contributed by atoms with van der Waals surface area (Å²) in [5, 5.41) is 2.57. The van der Waals surface area contributed by atoms with E-state index in [0.29, 0.717) is 19.4 Å². The van der Waals surface area contributed by atoms with E-state index in [1.165, 1.54) is 0 Å². The van der Waals surface area contributed by atoms with Crippen molar-refractivity contribution in [3.8, 4) is 5.75 Å². The highest BCUT2D eigenvalue weighted by molar-refractivity contribution is 6.31. The molecule has 0 bridgehead atoms. The summed E-state index contributed by atoms with van der Waals surface area (Å²) in [5.41, 5.74) is -0.612. The van der Waals surface area contributed by atoms with Crippen molar-refractivity contribution in [1.29, 1.82) is 0 Å². The molecule has 1 N–H and O–H groups in total. The van der Waals surface area contributed by atoms with Crippen LogP contribution in [0.4, 0.5) is 18.9 Å². The van der Waals surface area contributed by atoms with Crippen LogP contribution in [0.25, 0.3) is 0 Å². The lowest BCUT2D eigenvalue weighted by Gasteiger charge is -2.26. The van der Waals surface area contributed by atoms with E-state index in [9.17, 15) is 18.0 Å². The van der Waals surface area contributed by atoms with Crippen LogP contribution in [0, 0.1) is 5.92 Å². The summed E-state index contributed by atoms with van der Waals surface area (Å²) < 4.78 is 45.2. The van der Waals surface area contributed by atoms with Crippen molar-refractivity contribution in [3.63, 3.8) is 0 Å². The summed E-state index contributed by atoms with van der Waals surface area (Å²) >= 11 is 5.82. The van der Waals surface area contributed by atoms with Crippen LogP contribution in [0.3, 0.4) is 0 Å². The molecule has 7 heteroatoms. The summed E-state index contributed by atoms with van der Waals surface area (Å²) in [6.45, 7) is 0.492. The number of carbonyl (C=O) groups is 1. The van der Waals surface area contributed by atoms with E-state index >= 15 is 0 Å². The third-order valence-electron chi connectivity index (χ3n) is 5.17. The van der Waals surface area contributed by atoms with Gasteiger partial charge in [-0.1, -0.05) is 29.8 Å². The Hall–Kier alpha value is -2.21. The molecule has 1 aliphatic heterocycles. The number of hydrogen-bond acceptors (Lipinski definition) is 2. The number of hydrogen-bond donors (Lipinski definition) is 1. The van der Waals surface area contributed by atoms with E-state index in [1.54, 1.807) is 0 Å². The van der Waals surface area contributed by atoms with Crippen molar-refractivity contribution >= 4 is 23.2 Å². The number of nitrogens with one attached hydrogen (secondary N) is 1. The Balaban J connectivity index is 1.60. The lowest BCUT2D eigenvalue weighted by molar-refractivity contribution is -0.137. The normalized spacial score (nSPS) is 23.9. The SMILES string of the molecule is O=C(Nc1cc(Cl)ccc1C(F)(F)F)[C@@H]1C[C@]12CCOc1ccccc12. The molecule has 1 amide bonds. The zero-order valence-electron chi connectivity index (χ0n) is 13.6. The summed E-state index contributed by atoms with van der Waals surface area (Å²) in [7, 11) is 0. The first-order valence-corrected chi connectivity index (χ1v) is 8.59. The third-order valence-corrected chi connectivity index (χ3v) is 5.40. The van der Waals surface area contributed by atoms with E-state index in [-0.39, 0.29) is 22.0 Å². The van der Waals surface area contributed by atoms with Crippen LogP contribution in [0.1, 0.15) is 24.0 Å². The summed E-state index contributed by atoms with van der Waals surface area (Å²) in [4.78, 5) is 12.7. The molecule has 0 saturated heterocycles. The van der Waals surface area contributed by atoms with Gasteiger partial charge in [-0.15, -0.1) is 0 Å². The van der Waals surface area contributed by atoms with Crippen LogP contribution >= 0.6 is 11.6 Å². The Kier molecular flexibility index (Phi) is 3.91. The second kappa shape index (κ2) is 5.91. The minimum atomic E-state index is -4.57. The van der Waals surface area contributed by atoms with Gasteiger partial charge in [0.25, 0.3) is 0 Å². The van der Waals surface area contributed by atoms with Gasteiger partial charge in [0.05, 0.1) is 17.9 Å². The fraction of sp³-hybridized carbons (Fsp3) is 0.316. The first-order valence-electron chi connectivity index (χ1n) is 8.21. The maximum atomic E-state index is 13.2. The molecule has 0 radical (unpaired) electrons. The van der Waals surface area contributed by atoms with Crippen molar-refractivity contribution < 1.29 is 22.7 Å².